The molecule has 1 N–H and O–H groups in total. The molecule has 1 aliphatic rings. The average Bonchev–Trinajstić information content (AvgIpc) is 3.40. The molecule has 3 aromatic carbocycles. The summed E-state index contributed by atoms with van der Waals surface area (Å²) in [5.41, 5.74) is 2.26. The largest absolute Gasteiger partial charge is 0.503 e. The van der Waals surface area contributed by atoms with Crippen molar-refractivity contribution in [1.29, 1.82) is 0 Å². The van der Waals surface area contributed by atoms with Gasteiger partial charge in [-0.3, -0.25) is 14.5 Å². The lowest BCUT2D eigenvalue weighted by atomic mass is 9.94. The van der Waals surface area contributed by atoms with Crippen LogP contribution in [0.15, 0.2) is 82.5 Å². The number of aliphatic hydroxyl groups excluding tert-OH is 1. The number of aryl methyl sites for hydroxylation is 1. The molecule has 2 heterocycles. The number of nitrogens with zero attached hydrogens (tertiary/aromatic N) is 1. The first-order chi connectivity index (χ1) is 16.8. The predicted molar refractivity (Wildman–Crippen MR) is 135 cm³/mol. The third kappa shape index (κ3) is 3.85. The number of aliphatic hydroxyl groups is 1. The zero-order chi connectivity index (χ0) is 24.9. The monoisotopic (exact) mass is 507 g/mol. The number of carbonyl (C=O) groups is 2. The van der Waals surface area contributed by atoms with Gasteiger partial charge in [0.15, 0.2) is 22.9 Å². The van der Waals surface area contributed by atoms with Crippen LogP contribution in [-0.2, 0) is 4.79 Å². The van der Waals surface area contributed by atoms with E-state index < -0.39 is 23.5 Å². The minimum Gasteiger partial charge on any atom is -0.503 e. The van der Waals surface area contributed by atoms with Crippen LogP contribution in [0.4, 0.5) is 5.69 Å². The Hall–Kier alpha value is -3.74. The number of furan rings is 1. The third-order valence-electron chi connectivity index (χ3n) is 5.94. The van der Waals surface area contributed by atoms with Gasteiger partial charge in [0.1, 0.15) is 0 Å². The molecule has 0 saturated carbocycles. The molecule has 4 aromatic rings. The number of hydrogen-bond donors (Lipinski definition) is 1. The molecule has 0 fully saturated rings. The highest BCUT2D eigenvalue weighted by molar-refractivity contribution is 6.42. The first-order valence-corrected chi connectivity index (χ1v) is 11.4. The number of ether oxygens (including phenoxy) is 1. The molecule has 1 aromatic heterocycles. The number of carbonyl (C=O) groups excluding carboxylic acids is 2. The van der Waals surface area contributed by atoms with Crippen LogP contribution >= 0.6 is 23.2 Å². The first-order valence-electron chi connectivity index (χ1n) is 10.7. The van der Waals surface area contributed by atoms with Gasteiger partial charge >= 0.3 is 0 Å². The van der Waals surface area contributed by atoms with Crippen molar-refractivity contribution >= 4 is 51.5 Å². The van der Waals surface area contributed by atoms with Crippen LogP contribution in [0.3, 0.4) is 0 Å². The Kier molecular flexibility index (Phi) is 5.79. The predicted octanol–water partition coefficient (Wildman–Crippen LogP) is 6.84. The van der Waals surface area contributed by atoms with Crippen molar-refractivity contribution in [1.82, 2.24) is 0 Å². The van der Waals surface area contributed by atoms with Gasteiger partial charge in [-0.2, -0.15) is 0 Å². The number of amides is 1. The van der Waals surface area contributed by atoms with Gasteiger partial charge in [-0.05, 0) is 42.8 Å². The maximum absolute atomic E-state index is 13.8. The summed E-state index contributed by atoms with van der Waals surface area (Å²) in [7, 11) is 1.51. The Balaban J connectivity index is 1.68. The number of rotatable bonds is 5. The van der Waals surface area contributed by atoms with Gasteiger partial charge in [-0.25, -0.2) is 0 Å². The fourth-order valence-corrected chi connectivity index (χ4v) is 4.63. The number of halogens is 2. The Morgan fingerprint density at radius 3 is 2.51 bits per heavy atom. The molecule has 1 unspecified atom stereocenters. The molecule has 0 bridgehead atoms. The van der Waals surface area contributed by atoms with Gasteiger partial charge in [0.2, 0.25) is 5.78 Å². The van der Waals surface area contributed by atoms with Crippen molar-refractivity contribution in [2.45, 2.75) is 13.0 Å². The molecule has 0 spiro atoms. The Labute approximate surface area is 210 Å². The molecule has 1 amide bonds. The molecule has 176 valence electrons. The van der Waals surface area contributed by atoms with Crippen LogP contribution in [0.1, 0.15) is 27.7 Å². The molecular formula is C27H19Cl2NO5. The van der Waals surface area contributed by atoms with Crippen molar-refractivity contribution in [3.63, 3.8) is 0 Å². The summed E-state index contributed by atoms with van der Waals surface area (Å²) >= 11 is 12.3. The lowest BCUT2D eigenvalue weighted by molar-refractivity contribution is -0.117. The number of para-hydroxylation sites is 1. The van der Waals surface area contributed by atoms with E-state index in [0.29, 0.717) is 33.0 Å². The first kappa shape index (κ1) is 23.0. The lowest BCUT2D eigenvalue weighted by Crippen LogP contribution is -2.31. The summed E-state index contributed by atoms with van der Waals surface area (Å²) in [4.78, 5) is 28.4. The number of ketones is 1. The molecule has 0 saturated heterocycles. The summed E-state index contributed by atoms with van der Waals surface area (Å²) in [5.74, 6) is -1.54. The van der Waals surface area contributed by atoms with E-state index in [0.717, 1.165) is 5.56 Å². The van der Waals surface area contributed by atoms with Gasteiger partial charge in [0, 0.05) is 11.1 Å². The Morgan fingerprint density at radius 2 is 1.80 bits per heavy atom. The lowest BCUT2D eigenvalue weighted by Gasteiger charge is -2.27. The summed E-state index contributed by atoms with van der Waals surface area (Å²) in [5, 5.41) is 12.2. The SMILES string of the molecule is COc1cccc2cc(C(=O)C3=C(O)C(=O)N(c4ccc(Cl)c(Cl)c4)C3c3cccc(C)c3)oc12. The quantitative estimate of drug-likeness (QED) is 0.299. The third-order valence-corrected chi connectivity index (χ3v) is 6.68. The summed E-state index contributed by atoms with van der Waals surface area (Å²) in [6.07, 6.45) is 0. The standard InChI is InChI=1S/C27H19Cl2NO5/c1-14-5-3-6-15(11-14)23-22(24(31)21-12-16-7-4-8-20(34-2)26(16)35-21)25(32)27(33)30(23)17-9-10-18(28)19(29)13-17/h3-13,23,32H,1-2H3. The Bertz CT molecular complexity index is 1540. The number of fused-ring (bicyclic) bond motifs is 1. The van der Waals surface area contributed by atoms with Gasteiger partial charge in [0.05, 0.1) is 28.8 Å². The molecular weight excluding hydrogens is 489 g/mol. The van der Waals surface area contributed by atoms with E-state index in [2.05, 4.69) is 0 Å². The minimum absolute atomic E-state index is 0.0208. The van der Waals surface area contributed by atoms with E-state index >= 15 is 0 Å². The van der Waals surface area contributed by atoms with Crippen molar-refractivity contribution in [3.05, 3.63) is 105 Å². The molecule has 35 heavy (non-hydrogen) atoms. The van der Waals surface area contributed by atoms with Gasteiger partial charge in [-0.1, -0.05) is 65.2 Å². The van der Waals surface area contributed by atoms with E-state index in [1.165, 1.54) is 18.1 Å². The van der Waals surface area contributed by atoms with Crippen molar-refractivity contribution in [2.75, 3.05) is 12.0 Å². The highest BCUT2D eigenvalue weighted by Crippen LogP contribution is 2.44. The maximum Gasteiger partial charge on any atom is 0.294 e. The van der Waals surface area contributed by atoms with Crippen molar-refractivity contribution < 1.29 is 23.8 Å². The van der Waals surface area contributed by atoms with Crippen LogP contribution in [0, 0.1) is 6.92 Å². The molecule has 1 aliphatic heterocycles. The van der Waals surface area contributed by atoms with Crippen LogP contribution in [0.2, 0.25) is 10.0 Å². The number of Topliss-reactive ketones (excluding diaryl/α,β-unsaturated/α-hetero) is 1. The second-order valence-electron chi connectivity index (χ2n) is 8.17. The molecule has 1 atom stereocenters. The highest BCUT2D eigenvalue weighted by Gasteiger charge is 2.45. The Morgan fingerprint density at radius 1 is 1.03 bits per heavy atom. The molecule has 0 radical (unpaired) electrons. The van der Waals surface area contributed by atoms with E-state index in [1.807, 2.05) is 25.1 Å². The average molecular weight is 508 g/mol. The van der Waals surface area contributed by atoms with Crippen molar-refractivity contribution in [3.8, 4) is 5.75 Å². The fraction of sp³-hybridized carbons (Fsp3) is 0.111. The van der Waals surface area contributed by atoms with Crippen LogP contribution in [-0.4, -0.2) is 23.9 Å². The summed E-state index contributed by atoms with van der Waals surface area (Å²) in [6, 6.07) is 18.0. The minimum atomic E-state index is -0.915. The second-order valence-corrected chi connectivity index (χ2v) is 8.99. The van der Waals surface area contributed by atoms with Crippen LogP contribution < -0.4 is 9.64 Å². The van der Waals surface area contributed by atoms with Gasteiger partial charge < -0.3 is 14.3 Å². The maximum atomic E-state index is 13.8. The summed E-state index contributed by atoms with van der Waals surface area (Å²) in [6.45, 7) is 1.90. The highest BCUT2D eigenvalue weighted by atomic mass is 35.5. The summed E-state index contributed by atoms with van der Waals surface area (Å²) < 4.78 is 11.2. The van der Waals surface area contributed by atoms with Gasteiger partial charge in [0.25, 0.3) is 5.91 Å². The number of hydrogen-bond acceptors (Lipinski definition) is 5. The number of benzene rings is 3. The second kappa shape index (κ2) is 8.80. The molecule has 6 nitrogen and oxygen atoms in total. The van der Waals surface area contributed by atoms with Crippen LogP contribution in [0.5, 0.6) is 5.75 Å². The van der Waals surface area contributed by atoms with Crippen LogP contribution in [0.25, 0.3) is 11.0 Å². The van der Waals surface area contributed by atoms with E-state index in [4.69, 9.17) is 32.4 Å². The molecule has 5 rings (SSSR count). The van der Waals surface area contributed by atoms with E-state index in [-0.39, 0.29) is 16.4 Å². The van der Waals surface area contributed by atoms with Gasteiger partial charge in [-0.15, -0.1) is 0 Å². The van der Waals surface area contributed by atoms with E-state index in [1.54, 1.807) is 42.5 Å². The number of anilines is 1. The topological polar surface area (TPSA) is 80.0 Å². The zero-order valence-corrected chi connectivity index (χ0v) is 20.2. The van der Waals surface area contributed by atoms with E-state index in [9.17, 15) is 14.7 Å². The molecule has 0 aliphatic carbocycles. The smallest absolute Gasteiger partial charge is 0.294 e. The number of methoxy groups -OCH3 is 1. The van der Waals surface area contributed by atoms with Crippen molar-refractivity contribution in [2.24, 2.45) is 0 Å². The zero-order valence-electron chi connectivity index (χ0n) is 18.7. The fourth-order valence-electron chi connectivity index (χ4n) is 4.34. The molecule has 8 heteroatoms. The normalized spacial score (nSPS) is 15.8.